The molecule has 1 amide bonds. The molecule has 1 aromatic heterocycles. The van der Waals surface area contributed by atoms with E-state index in [2.05, 4.69) is 29.5 Å². The Labute approximate surface area is 149 Å². The fraction of sp³-hybridized carbons (Fsp3) is 0.444. The average molecular weight is 349 g/mol. The second-order valence-corrected chi connectivity index (χ2v) is 6.44. The molecule has 1 saturated heterocycles. The smallest absolute Gasteiger partial charge is 0.227 e. The van der Waals surface area contributed by atoms with E-state index in [9.17, 15) is 4.79 Å². The third-order valence-electron chi connectivity index (χ3n) is 4.73. The lowest BCUT2D eigenvalue weighted by Gasteiger charge is -2.24. The van der Waals surface area contributed by atoms with Gasteiger partial charge in [0.25, 0.3) is 0 Å². The minimum absolute atomic E-state index is 0. The van der Waals surface area contributed by atoms with E-state index in [0.717, 1.165) is 18.7 Å². The van der Waals surface area contributed by atoms with Crippen LogP contribution in [0.15, 0.2) is 36.7 Å². The van der Waals surface area contributed by atoms with Gasteiger partial charge in [0, 0.05) is 45.8 Å². The Kier molecular flexibility index (Phi) is 6.02. The Hall–Kier alpha value is -1.85. The van der Waals surface area contributed by atoms with Gasteiger partial charge in [0.1, 0.15) is 0 Å². The molecule has 130 valence electrons. The molecular weight excluding hydrogens is 324 g/mol. The molecule has 0 radical (unpaired) electrons. The standard InChI is InChI=1S/C18H24N4O.ClH/c1-13-6-4-5-7-14(13)11-21(2)18(23)17-10-19-9-16(17)15-8-20-22(3)12-15;/h4-8,12,16-17,19H,9-11H2,1-3H3;1H/t16-,17+;/m1./s1. The number of nitrogens with zero attached hydrogens (tertiary/aromatic N) is 3. The predicted octanol–water partition coefficient (Wildman–Crippen LogP) is 2.11. The van der Waals surface area contributed by atoms with E-state index in [1.165, 1.54) is 11.1 Å². The van der Waals surface area contributed by atoms with E-state index >= 15 is 0 Å². The van der Waals surface area contributed by atoms with Crippen LogP contribution in [0.3, 0.4) is 0 Å². The minimum Gasteiger partial charge on any atom is -0.341 e. The number of aryl methyl sites for hydroxylation is 2. The summed E-state index contributed by atoms with van der Waals surface area (Å²) in [5.41, 5.74) is 3.56. The van der Waals surface area contributed by atoms with Crippen molar-refractivity contribution in [3.63, 3.8) is 0 Å². The van der Waals surface area contributed by atoms with Crippen LogP contribution in [0.4, 0.5) is 0 Å². The molecule has 3 rings (SSSR count). The summed E-state index contributed by atoms with van der Waals surface area (Å²) in [7, 11) is 3.81. The number of nitrogens with one attached hydrogen (secondary N) is 1. The van der Waals surface area contributed by atoms with Crippen molar-refractivity contribution in [1.29, 1.82) is 0 Å². The molecule has 6 heteroatoms. The van der Waals surface area contributed by atoms with Gasteiger partial charge in [0.05, 0.1) is 12.1 Å². The average Bonchev–Trinajstić information content (AvgIpc) is 3.17. The van der Waals surface area contributed by atoms with Crippen LogP contribution in [-0.4, -0.2) is 40.7 Å². The monoisotopic (exact) mass is 348 g/mol. The van der Waals surface area contributed by atoms with Crippen molar-refractivity contribution in [3.05, 3.63) is 53.3 Å². The zero-order valence-electron chi connectivity index (χ0n) is 14.4. The van der Waals surface area contributed by atoms with Gasteiger partial charge in [0.15, 0.2) is 0 Å². The quantitative estimate of drug-likeness (QED) is 0.920. The summed E-state index contributed by atoms with van der Waals surface area (Å²) in [5.74, 6) is 0.385. The van der Waals surface area contributed by atoms with E-state index in [-0.39, 0.29) is 30.2 Å². The summed E-state index contributed by atoms with van der Waals surface area (Å²) >= 11 is 0. The maximum absolute atomic E-state index is 12.9. The van der Waals surface area contributed by atoms with Crippen LogP contribution in [0.1, 0.15) is 22.6 Å². The maximum Gasteiger partial charge on any atom is 0.227 e. The van der Waals surface area contributed by atoms with E-state index < -0.39 is 0 Å². The molecule has 1 aromatic carbocycles. The number of aromatic nitrogens is 2. The van der Waals surface area contributed by atoms with Crippen LogP contribution in [0.5, 0.6) is 0 Å². The minimum atomic E-state index is -0.0202. The third kappa shape index (κ3) is 3.79. The lowest BCUT2D eigenvalue weighted by Crippen LogP contribution is -2.35. The number of rotatable bonds is 4. The Morgan fingerprint density at radius 1 is 1.38 bits per heavy atom. The highest BCUT2D eigenvalue weighted by atomic mass is 35.5. The SMILES string of the molecule is Cc1ccccc1CN(C)C(=O)[C@H]1CNC[C@@H]1c1cnn(C)c1.Cl. The number of halogens is 1. The van der Waals surface area contributed by atoms with Crippen molar-refractivity contribution in [3.8, 4) is 0 Å². The first-order valence-electron chi connectivity index (χ1n) is 8.05. The van der Waals surface area contributed by atoms with Crippen LogP contribution in [0.2, 0.25) is 0 Å². The van der Waals surface area contributed by atoms with Gasteiger partial charge >= 0.3 is 0 Å². The van der Waals surface area contributed by atoms with Gasteiger partial charge in [-0.1, -0.05) is 24.3 Å². The third-order valence-corrected chi connectivity index (χ3v) is 4.73. The van der Waals surface area contributed by atoms with Gasteiger partial charge in [-0.05, 0) is 23.6 Å². The Morgan fingerprint density at radius 3 is 2.79 bits per heavy atom. The first kappa shape index (κ1) is 18.5. The Morgan fingerprint density at radius 2 is 2.12 bits per heavy atom. The van der Waals surface area contributed by atoms with Crippen molar-refractivity contribution >= 4 is 18.3 Å². The highest BCUT2D eigenvalue weighted by Crippen LogP contribution is 2.29. The first-order valence-corrected chi connectivity index (χ1v) is 8.05. The molecule has 0 aliphatic carbocycles. The van der Waals surface area contributed by atoms with Crippen LogP contribution < -0.4 is 5.32 Å². The van der Waals surface area contributed by atoms with Crippen LogP contribution in [-0.2, 0) is 18.4 Å². The van der Waals surface area contributed by atoms with Crippen LogP contribution in [0.25, 0.3) is 0 Å². The second-order valence-electron chi connectivity index (χ2n) is 6.44. The molecule has 2 heterocycles. The molecule has 1 N–H and O–H groups in total. The molecule has 1 fully saturated rings. The van der Waals surface area contributed by atoms with Crippen LogP contribution >= 0.6 is 12.4 Å². The zero-order chi connectivity index (χ0) is 16.4. The van der Waals surface area contributed by atoms with Gasteiger partial charge < -0.3 is 10.2 Å². The van der Waals surface area contributed by atoms with Crippen molar-refractivity contribution in [2.75, 3.05) is 20.1 Å². The molecule has 0 bridgehead atoms. The zero-order valence-corrected chi connectivity index (χ0v) is 15.2. The van der Waals surface area contributed by atoms with Crippen molar-refractivity contribution < 1.29 is 4.79 Å². The summed E-state index contributed by atoms with van der Waals surface area (Å²) in [4.78, 5) is 14.8. The molecule has 0 unspecified atom stereocenters. The summed E-state index contributed by atoms with van der Waals surface area (Å²) in [5, 5.41) is 7.60. The number of amides is 1. The lowest BCUT2D eigenvalue weighted by atomic mass is 9.89. The number of carbonyl (C=O) groups excluding carboxylic acids is 1. The molecule has 24 heavy (non-hydrogen) atoms. The number of benzene rings is 1. The van der Waals surface area contributed by atoms with Crippen molar-refractivity contribution in [1.82, 2.24) is 20.0 Å². The van der Waals surface area contributed by atoms with Crippen LogP contribution in [0, 0.1) is 12.8 Å². The lowest BCUT2D eigenvalue weighted by molar-refractivity contribution is -0.134. The van der Waals surface area contributed by atoms with E-state index in [1.807, 2.05) is 43.5 Å². The van der Waals surface area contributed by atoms with Crippen molar-refractivity contribution in [2.24, 2.45) is 13.0 Å². The molecule has 1 aliphatic heterocycles. The van der Waals surface area contributed by atoms with Gasteiger partial charge in [-0.3, -0.25) is 9.48 Å². The number of hydrogen-bond donors (Lipinski definition) is 1. The van der Waals surface area contributed by atoms with Gasteiger partial charge in [0.2, 0.25) is 5.91 Å². The fourth-order valence-electron chi connectivity index (χ4n) is 3.32. The molecule has 2 atom stereocenters. The fourth-order valence-corrected chi connectivity index (χ4v) is 3.32. The summed E-state index contributed by atoms with van der Waals surface area (Å²) in [6.07, 6.45) is 3.89. The Balaban J connectivity index is 0.00000208. The summed E-state index contributed by atoms with van der Waals surface area (Å²) in [6, 6.07) is 8.23. The highest BCUT2D eigenvalue weighted by molar-refractivity contribution is 5.85. The molecular formula is C18H25ClN4O. The number of carbonyl (C=O) groups is 1. The summed E-state index contributed by atoms with van der Waals surface area (Å²) in [6.45, 7) is 4.31. The number of hydrogen-bond acceptors (Lipinski definition) is 3. The molecule has 2 aromatic rings. The maximum atomic E-state index is 12.9. The highest BCUT2D eigenvalue weighted by Gasteiger charge is 2.36. The van der Waals surface area contributed by atoms with Gasteiger partial charge in [-0.25, -0.2) is 0 Å². The predicted molar refractivity (Wildman–Crippen MR) is 97.2 cm³/mol. The molecule has 0 saturated carbocycles. The van der Waals surface area contributed by atoms with Gasteiger partial charge in [-0.15, -0.1) is 12.4 Å². The largest absolute Gasteiger partial charge is 0.341 e. The summed E-state index contributed by atoms with van der Waals surface area (Å²) < 4.78 is 1.80. The van der Waals surface area contributed by atoms with Gasteiger partial charge in [-0.2, -0.15) is 5.10 Å². The molecule has 5 nitrogen and oxygen atoms in total. The first-order chi connectivity index (χ1) is 11.1. The van der Waals surface area contributed by atoms with E-state index in [1.54, 1.807) is 4.68 Å². The van der Waals surface area contributed by atoms with E-state index in [0.29, 0.717) is 6.54 Å². The van der Waals surface area contributed by atoms with Crippen molar-refractivity contribution in [2.45, 2.75) is 19.4 Å². The second kappa shape index (κ2) is 7.81. The topological polar surface area (TPSA) is 50.2 Å². The molecule has 0 spiro atoms. The molecule has 1 aliphatic rings. The Bertz CT molecular complexity index is 700. The van der Waals surface area contributed by atoms with E-state index in [4.69, 9.17) is 0 Å². The normalized spacial score (nSPS) is 19.8.